The summed E-state index contributed by atoms with van der Waals surface area (Å²) < 4.78 is 9.14. The SMILES string of the molecule is c1ccc(N(c2ccc(-c3cccc4ccccc34)cc2)c2cc(-n3c4ccccc4c4ccccc43)cc3c2oc2ccccc23)cc1. The summed E-state index contributed by atoms with van der Waals surface area (Å²) >= 11 is 0. The van der Waals surface area contributed by atoms with E-state index in [0.29, 0.717) is 0 Å². The molecular weight excluding hydrogens is 597 g/mol. The molecule has 230 valence electrons. The number of nitrogens with zero attached hydrogens (tertiary/aromatic N) is 2. The molecule has 0 aliphatic heterocycles. The van der Waals surface area contributed by atoms with E-state index in [4.69, 9.17) is 4.42 Å². The minimum Gasteiger partial charge on any atom is -0.454 e. The summed E-state index contributed by atoms with van der Waals surface area (Å²) in [5.41, 5.74) is 10.7. The minimum atomic E-state index is 0.854. The lowest BCUT2D eigenvalue weighted by Gasteiger charge is -2.26. The molecule has 0 unspecified atom stereocenters. The molecule has 0 amide bonds. The summed E-state index contributed by atoms with van der Waals surface area (Å²) in [7, 11) is 0. The molecule has 2 heterocycles. The van der Waals surface area contributed by atoms with Crippen molar-refractivity contribution >= 4 is 71.6 Å². The van der Waals surface area contributed by atoms with E-state index in [9.17, 15) is 0 Å². The maximum atomic E-state index is 6.75. The van der Waals surface area contributed by atoms with Gasteiger partial charge in [0.2, 0.25) is 0 Å². The van der Waals surface area contributed by atoms with Crippen LogP contribution in [0.1, 0.15) is 0 Å². The third kappa shape index (κ3) is 4.37. The lowest BCUT2D eigenvalue weighted by molar-refractivity contribution is 0.669. The van der Waals surface area contributed by atoms with Crippen LogP contribution in [-0.2, 0) is 0 Å². The van der Waals surface area contributed by atoms with Crippen LogP contribution in [0.4, 0.5) is 17.1 Å². The van der Waals surface area contributed by atoms with E-state index >= 15 is 0 Å². The zero-order chi connectivity index (χ0) is 32.3. The zero-order valence-corrected chi connectivity index (χ0v) is 26.6. The molecule has 0 radical (unpaired) electrons. The van der Waals surface area contributed by atoms with Gasteiger partial charge in [0.25, 0.3) is 0 Å². The quantitative estimate of drug-likeness (QED) is 0.190. The number of fused-ring (bicyclic) bond motifs is 7. The second kappa shape index (κ2) is 11.0. The van der Waals surface area contributed by atoms with Crippen LogP contribution in [0.2, 0.25) is 0 Å². The highest BCUT2D eigenvalue weighted by atomic mass is 16.3. The predicted octanol–water partition coefficient (Wildman–Crippen LogP) is 13.0. The Bertz CT molecular complexity index is 2770. The summed E-state index contributed by atoms with van der Waals surface area (Å²) in [5.74, 6) is 0. The van der Waals surface area contributed by atoms with Crippen LogP contribution < -0.4 is 4.90 Å². The summed E-state index contributed by atoms with van der Waals surface area (Å²) in [4.78, 5) is 2.33. The molecule has 0 fully saturated rings. The van der Waals surface area contributed by atoms with Gasteiger partial charge in [0.15, 0.2) is 5.58 Å². The monoisotopic (exact) mass is 626 g/mol. The topological polar surface area (TPSA) is 21.3 Å². The molecule has 0 aliphatic carbocycles. The fraction of sp³-hybridized carbons (Fsp3) is 0. The van der Waals surface area contributed by atoms with E-state index in [-0.39, 0.29) is 0 Å². The summed E-state index contributed by atoms with van der Waals surface area (Å²) in [6.45, 7) is 0. The third-order valence-corrected chi connectivity index (χ3v) is 9.76. The molecule has 0 spiro atoms. The number of hydrogen-bond acceptors (Lipinski definition) is 2. The first kappa shape index (κ1) is 27.5. The molecule has 0 bridgehead atoms. The van der Waals surface area contributed by atoms with E-state index in [1.807, 2.05) is 6.07 Å². The largest absolute Gasteiger partial charge is 0.454 e. The first-order chi connectivity index (χ1) is 24.3. The zero-order valence-electron chi connectivity index (χ0n) is 26.6. The van der Waals surface area contributed by atoms with Gasteiger partial charge in [-0.1, -0.05) is 127 Å². The van der Waals surface area contributed by atoms with E-state index < -0.39 is 0 Å². The molecule has 0 saturated carbocycles. The highest BCUT2D eigenvalue weighted by Crippen LogP contribution is 2.45. The van der Waals surface area contributed by atoms with Crippen LogP contribution in [0.25, 0.3) is 71.3 Å². The Hall–Kier alpha value is -6.58. The minimum absolute atomic E-state index is 0.854. The van der Waals surface area contributed by atoms with Crippen LogP contribution in [0.15, 0.2) is 186 Å². The van der Waals surface area contributed by atoms with Crippen molar-refractivity contribution in [3.63, 3.8) is 0 Å². The standard InChI is InChI=1S/C46H30N2O/c1-2-15-33(16-3-1)47(34-27-25-32(26-28-34)37-21-12-14-31-13-4-5-17-36(31)37)44-30-35(29-41-40-20-8-11-24-45(40)49-46(41)44)48-42-22-9-6-18-38(42)39-19-7-10-23-43(39)48/h1-30H. The molecule has 10 aromatic rings. The number of hydrogen-bond donors (Lipinski definition) is 0. The van der Waals surface area contributed by atoms with Gasteiger partial charge in [-0.15, -0.1) is 0 Å². The Morgan fingerprint density at radius 1 is 0.429 bits per heavy atom. The Labute approximate surface area is 283 Å². The summed E-state index contributed by atoms with van der Waals surface area (Å²) in [6, 6.07) is 64.9. The lowest BCUT2D eigenvalue weighted by Crippen LogP contribution is -2.11. The smallest absolute Gasteiger partial charge is 0.159 e. The van der Waals surface area contributed by atoms with Crippen molar-refractivity contribution in [2.45, 2.75) is 0 Å². The third-order valence-electron chi connectivity index (χ3n) is 9.76. The van der Waals surface area contributed by atoms with Crippen LogP contribution in [0.3, 0.4) is 0 Å². The molecule has 10 rings (SSSR count). The molecule has 2 aromatic heterocycles. The van der Waals surface area contributed by atoms with Gasteiger partial charge in [-0.25, -0.2) is 0 Å². The Balaban J connectivity index is 1.24. The van der Waals surface area contributed by atoms with Crippen LogP contribution in [-0.4, -0.2) is 4.57 Å². The Kier molecular flexibility index (Phi) is 6.18. The number of rotatable bonds is 5. The van der Waals surface area contributed by atoms with Crippen molar-refractivity contribution in [3.8, 4) is 16.8 Å². The molecule has 3 nitrogen and oxygen atoms in total. The van der Waals surface area contributed by atoms with Gasteiger partial charge in [0.05, 0.1) is 16.7 Å². The van der Waals surface area contributed by atoms with Crippen molar-refractivity contribution in [3.05, 3.63) is 182 Å². The Morgan fingerprint density at radius 2 is 1.02 bits per heavy atom. The van der Waals surface area contributed by atoms with E-state index in [2.05, 4.69) is 185 Å². The van der Waals surface area contributed by atoms with Crippen LogP contribution in [0, 0.1) is 0 Å². The summed E-state index contributed by atoms with van der Waals surface area (Å²) in [6.07, 6.45) is 0. The number of benzene rings is 8. The van der Waals surface area contributed by atoms with Gasteiger partial charge in [0, 0.05) is 38.6 Å². The number of aromatic nitrogens is 1. The second-order valence-corrected chi connectivity index (χ2v) is 12.6. The van der Waals surface area contributed by atoms with Gasteiger partial charge in [-0.2, -0.15) is 0 Å². The number of furan rings is 1. The highest BCUT2D eigenvalue weighted by molar-refractivity contribution is 6.13. The van der Waals surface area contributed by atoms with Gasteiger partial charge < -0.3 is 13.9 Å². The van der Waals surface area contributed by atoms with Crippen molar-refractivity contribution in [1.29, 1.82) is 0 Å². The van der Waals surface area contributed by atoms with Crippen molar-refractivity contribution in [2.24, 2.45) is 0 Å². The predicted molar refractivity (Wildman–Crippen MR) is 206 cm³/mol. The van der Waals surface area contributed by atoms with Gasteiger partial charge in [0.1, 0.15) is 5.58 Å². The second-order valence-electron chi connectivity index (χ2n) is 12.6. The molecule has 8 aromatic carbocycles. The van der Waals surface area contributed by atoms with Crippen molar-refractivity contribution in [1.82, 2.24) is 4.57 Å². The lowest BCUT2D eigenvalue weighted by atomic mass is 9.98. The van der Waals surface area contributed by atoms with Gasteiger partial charge >= 0.3 is 0 Å². The van der Waals surface area contributed by atoms with Gasteiger partial charge in [-0.3, -0.25) is 0 Å². The highest BCUT2D eigenvalue weighted by Gasteiger charge is 2.22. The maximum Gasteiger partial charge on any atom is 0.159 e. The first-order valence-electron chi connectivity index (χ1n) is 16.7. The molecule has 0 N–H and O–H groups in total. The van der Waals surface area contributed by atoms with Crippen molar-refractivity contribution < 1.29 is 4.42 Å². The van der Waals surface area contributed by atoms with Crippen LogP contribution in [0.5, 0.6) is 0 Å². The molecular formula is C46H30N2O. The first-order valence-corrected chi connectivity index (χ1v) is 16.7. The normalized spacial score (nSPS) is 11.7. The molecule has 0 saturated heterocycles. The fourth-order valence-corrected chi connectivity index (χ4v) is 7.56. The van der Waals surface area contributed by atoms with E-state index in [1.165, 1.54) is 43.7 Å². The van der Waals surface area contributed by atoms with E-state index in [0.717, 1.165) is 44.7 Å². The average Bonchev–Trinajstić information content (AvgIpc) is 3.71. The number of anilines is 3. The fourth-order valence-electron chi connectivity index (χ4n) is 7.56. The molecule has 49 heavy (non-hydrogen) atoms. The molecule has 0 aliphatic rings. The van der Waals surface area contributed by atoms with Crippen LogP contribution >= 0.6 is 0 Å². The van der Waals surface area contributed by atoms with Crippen molar-refractivity contribution in [2.75, 3.05) is 4.90 Å². The summed E-state index contributed by atoms with van der Waals surface area (Å²) in [5, 5.41) is 7.14. The maximum absolute atomic E-state index is 6.75. The van der Waals surface area contributed by atoms with E-state index in [1.54, 1.807) is 0 Å². The molecule has 0 atom stereocenters. The average molecular weight is 627 g/mol. The van der Waals surface area contributed by atoms with Gasteiger partial charge in [-0.05, 0) is 76.5 Å². The molecule has 3 heteroatoms. The number of para-hydroxylation sites is 4. The Morgan fingerprint density at radius 3 is 1.78 bits per heavy atom.